The topological polar surface area (TPSA) is 99.1 Å². The molecule has 0 radical (unpaired) electrons. The standard InChI is InChI=1S/C19H22N4O4/c1-4-22-16-15(17(24)23(5-2)19(22)27)21(3)14(20-16)11-8-12-6-9-13(10-7-12)18(25)26/h6-7,9-10H,4-5,8,11H2,1-3H3,(H,25,26). The van der Waals surface area contributed by atoms with E-state index in [4.69, 9.17) is 5.11 Å². The first-order valence-electron chi connectivity index (χ1n) is 8.90. The van der Waals surface area contributed by atoms with Crippen LogP contribution in [0.3, 0.4) is 0 Å². The van der Waals surface area contributed by atoms with Gasteiger partial charge in [0.15, 0.2) is 11.2 Å². The van der Waals surface area contributed by atoms with Crippen molar-refractivity contribution in [3.8, 4) is 0 Å². The van der Waals surface area contributed by atoms with Crippen LogP contribution in [0.25, 0.3) is 11.2 Å². The largest absolute Gasteiger partial charge is 0.478 e. The third-order valence-corrected chi connectivity index (χ3v) is 4.81. The van der Waals surface area contributed by atoms with Crippen molar-refractivity contribution in [2.24, 2.45) is 7.05 Å². The number of aromatic carboxylic acids is 1. The quantitative estimate of drug-likeness (QED) is 0.707. The molecule has 3 rings (SSSR count). The van der Waals surface area contributed by atoms with Crippen LogP contribution >= 0.6 is 0 Å². The third kappa shape index (κ3) is 3.18. The fraction of sp³-hybridized carbons (Fsp3) is 0.368. The lowest BCUT2D eigenvalue weighted by molar-refractivity contribution is 0.0697. The van der Waals surface area contributed by atoms with Gasteiger partial charge in [0.25, 0.3) is 5.56 Å². The Morgan fingerprint density at radius 2 is 1.67 bits per heavy atom. The highest BCUT2D eigenvalue weighted by atomic mass is 16.4. The van der Waals surface area contributed by atoms with Crippen LogP contribution in [-0.2, 0) is 33.0 Å². The molecule has 0 atom stereocenters. The molecule has 0 bridgehead atoms. The van der Waals surface area contributed by atoms with E-state index in [2.05, 4.69) is 4.98 Å². The molecule has 3 aromatic rings. The van der Waals surface area contributed by atoms with Crippen LogP contribution in [0, 0.1) is 0 Å². The molecule has 2 heterocycles. The Bertz CT molecular complexity index is 1120. The van der Waals surface area contributed by atoms with E-state index in [-0.39, 0.29) is 16.8 Å². The number of imidazole rings is 1. The minimum atomic E-state index is -0.957. The molecule has 2 aromatic heterocycles. The van der Waals surface area contributed by atoms with Gasteiger partial charge in [-0.2, -0.15) is 0 Å². The zero-order chi connectivity index (χ0) is 19.7. The molecule has 0 saturated heterocycles. The fourth-order valence-electron chi connectivity index (χ4n) is 3.27. The molecule has 8 nitrogen and oxygen atoms in total. The molecule has 0 unspecified atom stereocenters. The maximum absolute atomic E-state index is 12.7. The lowest BCUT2D eigenvalue weighted by Crippen LogP contribution is -2.39. The van der Waals surface area contributed by atoms with Crippen molar-refractivity contribution in [1.29, 1.82) is 0 Å². The summed E-state index contributed by atoms with van der Waals surface area (Å²) >= 11 is 0. The summed E-state index contributed by atoms with van der Waals surface area (Å²) in [5, 5.41) is 8.97. The molecule has 0 aliphatic heterocycles. The second-order valence-corrected chi connectivity index (χ2v) is 6.34. The number of hydrogen-bond donors (Lipinski definition) is 1. The Labute approximate surface area is 155 Å². The van der Waals surface area contributed by atoms with Crippen molar-refractivity contribution in [1.82, 2.24) is 18.7 Å². The number of aromatic nitrogens is 4. The van der Waals surface area contributed by atoms with Gasteiger partial charge in [-0.25, -0.2) is 14.6 Å². The molecule has 142 valence electrons. The first-order valence-corrected chi connectivity index (χ1v) is 8.90. The van der Waals surface area contributed by atoms with Crippen LogP contribution < -0.4 is 11.2 Å². The molecule has 0 aliphatic rings. The summed E-state index contributed by atoms with van der Waals surface area (Å²) in [6.07, 6.45) is 1.22. The minimum absolute atomic E-state index is 0.244. The van der Waals surface area contributed by atoms with E-state index < -0.39 is 5.97 Å². The van der Waals surface area contributed by atoms with Gasteiger partial charge in [-0.3, -0.25) is 13.9 Å². The van der Waals surface area contributed by atoms with Crippen molar-refractivity contribution >= 4 is 17.1 Å². The van der Waals surface area contributed by atoms with Crippen molar-refractivity contribution < 1.29 is 9.90 Å². The van der Waals surface area contributed by atoms with Crippen LogP contribution in [-0.4, -0.2) is 29.8 Å². The Morgan fingerprint density at radius 1 is 1.04 bits per heavy atom. The van der Waals surface area contributed by atoms with Crippen molar-refractivity contribution in [3.63, 3.8) is 0 Å². The first kappa shape index (κ1) is 18.6. The van der Waals surface area contributed by atoms with Crippen LogP contribution in [0.15, 0.2) is 33.9 Å². The average molecular weight is 370 g/mol. The number of carbonyl (C=O) groups is 1. The van der Waals surface area contributed by atoms with E-state index in [1.54, 1.807) is 42.8 Å². The number of rotatable bonds is 6. The minimum Gasteiger partial charge on any atom is -0.478 e. The number of carboxylic acid groups (broad SMARTS) is 1. The molecule has 27 heavy (non-hydrogen) atoms. The maximum atomic E-state index is 12.7. The van der Waals surface area contributed by atoms with Gasteiger partial charge in [-0.05, 0) is 38.0 Å². The average Bonchev–Trinajstić information content (AvgIpc) is 2.97. The fourth-order valence-corrected chi connectivity index (χ4v) is 3.27. The van der Waals surface area contributed by atoms with Crippen molar-refractivity contribution in [2.75, 3.05) is 0 Å². The number of carboxylic acids is 1. The van der Waals surface area contributed by atoms with Gasteiger partial charge in [-0.1, -0.05) is 12.1 Å². The smallest absolute Gasteiger partial charge is 0.335 e. The third-order valence-electron chi connectivity index (χ3n) is 4.81. The summed E-state index contributed by atoms with van der Waals surface area (Å²) < 4.78 is 4.49. The van der Waals surface area contributed by atoms with Crippen molar-refractivity contribution in [3.05, 3.63) is 62.1 Å². The summed E-state index contributed by atoms with van der Waals surface area (Å²) in [6, 6.07) is 6.69. The molecule has 0 saturated carbocycles. The molecule has 0 amide bonds. The SMILES string of the molecule is CCn1c(=O)c2c(nc(CCc3ccc(C(=O)O)cc3)n2C)n(CC)c1=O. The van der Waals surface area contributed by atoms with E-state index in [0.717, 1.165) is 5.56 Å². The van der Waals surface area contributed by atoms with E-state index in [0.29, 0.717) is 42.9 Å². The summed E-state index contributed by atoms with van der Waals surface area (Å²) in [5.74, 6) is -0.249. The second kappa shape index (κ2) is 7.22. The predicted molar refractivity (Wildman–Crippen MR) is 101 cm³/mol. The molecule has 0 fully saturated rings. The molecule has 1 aromatic carbocycles. The van der Waals surface area contributed by atoms with Gasteiger partial charge in [-0.15, -0.1) is 0 Å². The molecule has 1 N–H and O–H groups in total. The number of nitrogens with zero attached hydrogens (tertiary/aromatic N) is 4. The van der Waals surface area contributed by atoms with Crippen LogP contribution in [0.4, 0.5) is 0 Å². The van der Waals surface area contributed by atoms with E-state index in [9.17, 15) is 14.4 Å². The van der Waals surface area contributed by atoms with Gasteiger partial charge in [0, 0.05) is 26.6 Å². The Balaban J connectivity index is 1.99. The summed E-state index contributed by atoms with van der Waals surface area (Å²) in [5.41, 5.74) is 1.39. The van der Waals surface area contributed by atoms with Crippen molar-refractivity contribution in [2.45, 2.75) is 39.8 Å². The molecular formula is C19H22N4O4. The highest BCUT2D eigenvalue weighted by molar-refractivity contribution is 5.87. The molecular weight excluding hydrogens is 348 g/mol. The Hall–Kier alpha value is -3.16. The zero-order valence-electron chi connectivity index (χ0n) is 15.6. The maximum Gasteiger partial charge on any atom is 0.335 e. The van der Waals surface area contributed by atoms with Crippen LogP contribution in [0.1, 0.15) is 35.6 Å². The van der Waals surface area contributed by atoms with E-state index in [1.807, 2.05) is 6.92 Å². The molecule has 8 heteroatoms. The van der Waals surface area contributed by atoms with Gasteiger partial charge in [0.1, 0.15) is 5.82 Å². The Morgan fingerprint density at radius 3 is 2.22 bits per heavy atom. The number of fused-ring (bicyclic) bond motifs is 1. The summed E-state index contributed by atoms with van der Waals surface area (Å²) in [7, 11) is 1.78. The van der Waals surface area contributed by atoms with Crippen LogP contribution in [0.2, 0.25) is 0 Å². The monoisotopic (exact) mass is 370 g/mol. The highest BCUT2D eigenvalue weighted by Gasteiger charge is 2.18. The van der Waals surface area contributed by atoms with Gasteiger partial charge >= 0.3 is 11.7 Å². The zero-order valence-corrected chi connectivity index (χ0v) is 15.6. The number of hydrogen-bond acceptors (Lipinski definition) is 4. The summed E-state index contributed by atoms with van der Waals surface area (Å²) in [6.45, 7) is 4.36. The molecule has 0 spiro atoms. The lowest BCUT2D eigenvalue weighted by Gasteiger charge is -2.08. The highest BCUT2D eigenvalue weighted by Crippen LogP contribution is 2.13. The second-order valence-electron chi connectivity index (χ2n) is 6.34. The number of benzene rings is 1. The first-order chi connectivity index (χ1) is 12.9. The summed E-state index contributed by atoms with van der Waals surface area (Å²) in [4.78, 5) is 40.7. The normalized spacial score (nSPS) is 11.2. The van der Waals surface area contributed by atoms with Gasteiger partial charge in [0.05, 0.1) is 5.56 Å². The predicted octanol–water partition coefficient (Wildman–Crippen LogP) is 1.42. The Kier molecular flexibility index (Phi) is 4.98. The van der Waals surface area contributed by atoms with Crippen LogP contribution in [0.5, 0.6) is 0 Å². The van der Waals surface area contributed by atoms with Gasteiger partial charge < -0.3 is 9.67 Å². The number of aryl methyl sites for hydroxylation is 4. The van der Waals surface area contributed by atoms with E-state index in [1.165, 1.54) is 9.13 Å². The lowest BCUT2D eigenvalue weighted by atomic mass is 10.1. The van der Waals surface area contributed by atoms with Gasteiger partial charge in [0.2, 0.25) is 0 Å². The molecule has 0 aliphatic carbocycles. The van der Waals surface area contributed by atoms with E-state index >= 15 is 0 Å².